The second-order valence-electron chi connectivity index (χ2n) is 5.45. The summed E-state index contributed by atoms with van der Waals surface area (Å²) in [5, 5.41) is 18.6. The van der Waals surface area contributed by atoms with Crippen molar-refractivity contribution in [1.29, 1.82) is 0 Å². The lowest BCUT2D eigenvalue weighted by atomic mass is 10.2. The first-order chi connectivity index (χ1) is 13.6. The van der Waals surface area contributed by atoms with Gasteiger partial charge in [-0.2, -0.15) is 10.1 Å². The summed E-state index contributed by atoms with van der Waals surface area (Å²) in [5.74, 6) is -0.377. The number of aromatic nitrogens is 4. The van der Waals surface area contributed by atoms with Gasteiger partial charge < -0.3 is 10.4 Å². The summed E-state index contributed by atoms with van der Waals surface area (Å²) in [4.78, 5) is 24.7. The van der Waals surface area contributed by atoms with Gasteiger partial charge in [0, 0.05) is 17.8 Å². The van der Waals surface area contributed by atoms with Crippen molar-refractivity contribution in [1.82, 2.24) is 19.4 Å². The van der Waals surface area contributed by atoms with Gasteiger partial charge in [0.05, 0.1) is 17.5 Å². The fraction of sp³-hybridized carbons (Fsp3) is 0. The van der Waals surface area contributed by atoms with Crippen LogP contribution in [-0.2, 0) is 0 Å². The van der Waals surface area contributed by atoms with Crippen LogP contribution in [0.5, 0.6) is 0 Å². The molecule has 3 N–H and O–H groups in total. The monoisotopic (exact) mass is 413 g/mol. The van der Waals surface area contributed by atoms with E-state index in [0.717, 1.165) is 4.96 Å². The second kappa shape index (κ2) is 7.62. The van der Waals surface area contributed by atoms with Crippen molar-refractivity contribution in [3.8, 4) is 0 Å². The quantitative estimate of drug-likeness (QED) is 0.325. The highest BCUT2D eigenvalue weighted by Gasteiger charge is 2.10. The molecule has 0 aliphatic rings. The van der Waals surface area contributed by atoms with E-state index >= 15 is 0 Å². The topological polar surface area (TPSA) is 117 Å². The Balaban J connectivity index is 1.51. The molecule has 9 nitrogen and oxygen atoms in total. The minimum Gasteiger partial charge on any atom is -0.478 e. The zero-order valence-corrected chi connectivity index (χ0v) is 15.6. The number of aromatic carboxylic acids is 1. The van der Waals surface area contributed by atoms with Gasteiger partial charge in [-0.1, -0.05) is 23.7 Å². The number of hydrazone groups is 1. The predicted octanol–water partition coefficient (Wildman–Crippen LogP) is 3.73. The Kier molecular flexibility index (Phi) is 4.87. The number of para-hydroxylation sites is 1. The lowest BCUT2D eigenvalue weighted by Gasteiger charge is -2.09. The average Bonchev–Trinajstić information content (AvgIpc) is 3.24. The third kappa shape index (κ3) is 3.63. The highest BCUT2D eigenvalue weighted by molar-refractivity contribution is 7.15. The Hall–Kier alpha value is -3.50. The highest BCUT2D eigenvalue weighted by atomic mass is 35.5. The predicted molar refractivity (Wildman–Crippen MR) is 108 cm³/mol. The zero-order chi connectivity index (χ0) is 19.5. The zero-order valence-electron chi connectivity index (χ0n) is 14.1. The van der Waals surface area contributed by atoms with Crippen LogP contribution in [-0.4, -0.2) is 36.6 Å². The maximum atomic E-state index is 11.3. The van der Waals surface area contributed by atoms with Crippen molar-refractivity contribution in [3.05, 3.63) is 64.5 Å². The summed E-state index contributed by atoms with van der Waals surface area (Å²) in [7, 11) is 0. The number of rotatable bonds is 6. The lowest BCUT2D eigenvalue weighted by molar-refractivity contribution is 0.0698. The Bertz CT molecular complexity index is 1190. The van der Waals surface area contributed by atoms with E-state index in [4.69, 9.17) is 11.6 Å². The molecule has 0 saturated heterocycles. The molecular weight excluding hydrogens is 402 g/mol. The normalized spacial score (nSPS) is 11.2. The molecular formula is C17H12ClN7O2S. The van der Waals surface area contributed by atoms with E-state index in [2.05, 4.69) is 30.8 Å². The number of carboxylic acids is 1. The molecule has 3 aromatic heterocycles. The number of hydrogen-bond donors (Lipinski definition) is 3. The van der Waals surface area contributed by atoms with E-state index in [-0.39, 0.29) is 11.5 Å². The Labute approximate surface area is 167 Å². The SMILES string of the molecule is O=C(O)c1ccccc1Nc1ccnc(N/N=C/c2c(Cl)nc3sccn23)n1. The van der Waals surface area contributed by atoms with Crippen LogP contribution in [0.1, 0.15) is 16.1 Å². The molecule has 0 amide bonds. The van der Waals surface area contributed by atoms with Gasteiger partial charge in [-0.25, -0.2) is 20.2 Å². The molecule has 28 heavy (non-hydrogen) atoms. The van der Waals surface area contributed by atoms with Crippen molar-refractivity contribution < 1.29 is 9.90 Å². The molecule has 3 heterocycles. The Morgan fingerprint density at radius 1 is 1.29 bits per heavy atom. The van der Waals surface area contributed by atoms with Gasteiger partial charge >= 0.3 is 5.97 Å². The maximum absolute atomic E-state index is 11.3. The minimum atomic E-state index is -1.03. The highest BCUT2D eigenvalue weighted by Crippen LogP contribution is 2.21. The maximum Gasteiger partial charge on any atom is 0.337 e. The van der Waals surface area contributed by atoms with Crippen LogP contribution in [0.3, 0.4) is 0 Å². The fourth-order valence-electron chi connectivity index (χ4n) is 2.44. The van der Waals surface area contributed by atoms with Gasteiger partial charge in [-0.05, 0) is 18.2 Å². The smallest absolute Gasteiger partial charge is 0.337 e. The van der Waals surface area contributed by atoms with Gasteiger partial charge in [-0.15, -0.1) is 11.3 Å². The molecule has 0 aliphatic carbocycles. The molecule has 4 aromatic rings. The number of nitrogens with one attached hydrogen (secondary N) is 2. The second-order valence-corrected chi connectivity index (χ2v) is 6.69. The standard InChI is InChI=1S/C17H12ClN7O2S/c18-14-12(25-7-8-28-17(25)23-14)9-20-24-16-19-6-5-13(22-16)21-11-4-2-1-3-10(11)15(26)27/h1-9H,(H,26,27)(H2,19,21,22,24)/b20-9+. The Morgan fingerprint density at radius 2 is 2.14 bits per heavy atom. The van der Waals surface area contributed by atoms with E-state index in [0.29, 0.717) is 22.4 Å². The van der Waals surface area contributed by atoms with Crippen molar-refractivity contribution in [2.75, 3.05) is 10.7 Å². The third-order valence-corrected chi connectivity index (χ3v) is 4.72. The molecule has 0 aliphatic heterocycles. The van der Waals surface area contributed by atoms with Crippen LogP contribution in [0.25, 0.3) is 4.96 Å². The summed E-state index contributed by atoms with van der Waals surface area (Å²) in [6.07, 6.45) is 4.90. The third-order valence-electron chi connectivity index (χ3n) is 3.68. The number of imidazole rings is 1. The van der Waals surface area contributed by atoms with Crippen molar-refractivity contribution in [3.63, 3.8) is 0 Å². The number of hydrogen-bond acceptors (Lipinski definition) is 8. The number of fused-ring (bicyclic) bond motifs is 1. The first kappa shape index (κ1) is 17.9. The number of anilines is 3. The van der Waals surface area contributed by atoms with Crippen molar-refractivity contribution in [2.24, 2.45) is 5.10 Å². The number of benzene rings is 1. The van der Waals surface area contributed by atoms with Crippen LogP contribution in [0.4, 0.5) is 17.5 Å². The molecule has 0 atom stereocenters. The van der Waals surface area contributed by atoms with Crippen LogP contribution in [0.15, 0.2) is 53.2 Å². The van der Waals surface area contributed by atoms with E-state index in [1.54, 1.807) is 24.3 Å². The first-order valence-electron chi connectivity index (χ1n) is 7.94. The molecule has 4 rings (SSSR count). The minimum absolute atomic E-state index is 0.142. The van der Waals surface area contributed by atoms with Gasteiger partial charge in [0.1, 0.15) is 11.5 Å². The molecule has 140 valence electrons. The Morgan fingerprint density at radius 3 is 3.00 bits per heavy atom. The molecule has 0 spiro atoms. The molecule has 1 aromatic carbocycles. The molecule has 0 fully saturated rings. The first-order valence-corrected chi connectivity index (χ1v) is 9.20. The number of halogens is 1. The largest absolute Gasteiger partial charge is 0.478 e. The van der Waals surface area contributed by atoms with Crippen LogP contribution in [0, 0.1) is 0 Å². The molecule has 0 unspecified atom stereocenters. The van der Waals surface area contributed by atoms with Gasteiger partial charge in [0.15, 0.2) is 10.1 Å². The summed E-state index contributed by atoms with van der Waals surface area (Å²) in [6.45, 7) is 0. The van der Waals surface area contributed by atoms with Crippen LogP contribution < -0.4 is 10.7 Å². The summed E-state index contributed by atoms with van der Waals surface area (Å²) >= 11 is 7.58. The average molecular weight is 414 g/mol. The molecule has 0 saturated carbocycles. The number of nitrogens with zero attached hydrogens (tertiary/aromatic N) is 5. The van der Waals surface area contributed by atoms with E-state index < -0.39 is 5.97 Å². The lowest BCUT2D eigenvalue weighted by Crippen LogP contribution is -2.04. The summed E-state index contributed by atoms with van der Waals surface area (Å²) in [5.41, 5.74) is 3.93. The van der Waals surface area contributed by atoms with Gasteiger partial charge in [0.25, 0.3) is 0 Å². The van der Waals surface area contributed by atoms with Crippen LogP contribution in [0.2, 0.25) is 5.15 Å². The van der Waals surface area contributed by atoms with Gasteiger partial charge in [-0.3, -0.25) is 4.40 Å². The van der Waals surface area contributed by atoms with Crippen molar-refractivity contribution in [2.45, 2.75) is 0 Å². The summed E-state index contributed by atoms with van der Waals surface area (Å²) < 4.78 is 1.82. The molecule has 11 heteroatoms. The fourth-order valence-corrected chi connectivity index (χ4v) is 3.43. The number of carbonyl (C=O) groups is 1. The van der Waals surface area contributed by atoms with E-state index in [1.807, 2.05) is 16.0 Å². The van der Waals surface area contributed by atoms with E-state index in [1.165, 1.54) is 29.8 Å². The summed E-state index contributed by atoms with van der Waals surface area (Å²) in [6, 6.07) is 8.18. The van der Waals surface area contributed by atoms with Crippen LogP contribution >= 0.6 is 22.9 Å². The van der Waals surface area contributed by atoms with E-state index in [9.17, 15) is 9.90 Å². The number of thiazole rings is 1. The number of carboxylic acid groups (broad SMARTS) is 1. The molecule has 0 bridgehead atoms. The van der Waals surface area contributed by atoms with Crippen molar-refractivity contribution >= 4 is 57.5 Å². The molecule has 0 radical (unpaired) electrons. The van der Waals surface area contributed by atoms with Gasteiger partial charge in [0.2, 0.25) is 5.95 Å².